The molecular formula is C28H35ClN6O4. The second-order valence-electron chi connectivity index (χ2n) is 10.2. The number of halogens is 1. The summed E-state index contributed by atoms with van der Waals surface area (Å²) in [6.07, 6.45) is 9.77. The van der Waals surface area contributed by atoms with Gasteiger partial charge in [0, 0.05) is 56.7 Å². The molecule has 2 aliphatic heterocycles. The van der Waals surface area contributed by atoms with E-state index in [1.165, 1.54) is 31.3 Å². The van der Waals surface area contributed by atoms with Crippen LogP contribution in [-0.2, 0) is 14.4 Å². The number of hydrogen-bond donors (Lipinski definition) is 2. The molecule has 0 atom stereocenters. The molecule has 1 saturated carbocycles. The molecule has 1 saturated heterocycles. The number of hydrogen-bond acceptors (Lipinski definition) is 8. The molecule has 0 bridgehead atoms. The molecule has 3 heterocycles. The Morgan fingerprint density at radius 3 is 2.64 bits per heavy atom. The number of nitrogens with one attached hydrogen (secondary N) is 2. The van der Waals surface area contributed by atoms with Crippen molar-refractivity contribution in [3.8, 4) is 5.75 Å². The van der Waals surface area contributed by atoms with Crippen LogP contribution in [0.15, 0.2) is 30.1 Å². The van der Waals surface area contributed by atoms with Crippen LogP contribution in [-0.4, -0.2) is 71.6 Å². The summed E-state index contributed by atoms with van der Waals surface area (Å²) in [6.45, 7) is 2.01. The minimum Gasteiger partial charge on any atom is -0.489 e. The lowest BCUT2D eigenvalue weighted by atomic mass is 10.0. The van der Waals surface area contributed by atoms with Crippen LogP contribution in [0.3, 0.4) is 0 Å². The maximum Gasteiger partial charge on any atom is 0.273 e. The van der Waals surface area contributed by atoms with Crippen molar-refractivity contribution in [1.29, 1.82) is 0 Å². The zero-order valence-corrected chi connectivity index (χ0v) is 23.2. The standard InChI is InChI=1S/C28H35ClN6O4/c1-34(38-2)27(36)19-9-12-30-25-22(15-19)26(32-17-31-25)33-20-7-8-24(23(29)16-20)39-21-10-13-35(14-11-21)28(37)18-5-3-4-6-18/h7-8,15-18,21H,3-6,9-14H2,1-2H3,(H2,30,31,32,33). The van der Waals surface area contributed by atoms with Crippen molar-refractivity contribution in [2.24, 2.45) is 5.92 Å². The summed E-state index contributed by atoms with van der Waals surface area (Å²) in [5.41, 5.74) is 1.99. The first-order valence-electron chi connectivity index (χ1n) is 13.6. The summed E-state index contributed by atoms with van der Waals surface area (Å²) in [4.78, 5) is 41.3. The maximum atomic E-state index is 12.7. The summed E-state index contributed by atoms with van der Waals surface area (Å²) in [7, 11) is 3.03. The normalized spacial score (nSPS) is 18.0. The molecule has 0 radical (unpaired) electrons. The molecule has 1 aromatic heterocycles. The number of ether oxygens (including phenoxy) is 1. The summed E-state index contributed by atoms with van der Waals surface area (Å²) in [5, 5.41) is 8.24. The fourth-order valence-corrected chi connectivity index (χ4v) is 5.63. The Morgan fingerprint density at radius 1 is 1.15 bits per heavy atom. The van der Waals surface area contributed by atoms with Gasteiger partial charge in [0.05, 0.1) is 17.7 Å². The van der Waals surface area contributed by atoms with Crippen LogP contribution in [0, 0.1) is 5.92 Å². The van der Waals surface area contributed by atoms with Crippen LogP contribution in [0.2, 0.25) is 5.02 Å². The van der Waals surface area contributed by atoms with E-state index in [1.807, 2.05) is 17.0 Å². The maximum absolute atomic E-state index is 12.7. The first kappa shape index (κ1) is 27.2. The molecule has 3 aliphatic rings. The SMILES string of the molecule is CON(C)C(=O)C1=Cc2c(ncnc2Nc2ccc(OC3CCN(C(=O)C4CCCC4)CC3)c(Cl)c2)NCC1. The van der Waals surface area contributed by atoms with Crippen LogP contribution in [0.4, 0.5) is 17.3 Å². The van der Waals surface area contributed by atoms with Crippen LogP contribution in [0.5, 0.6) is 5.75 Å². The molecule has 1 aliphatic carbocycles. The Kier molecular flexibility index (Phi) is 8.52. The van der Waals surface area contributed by atoms with Crippen molar-refractivity contribution in [3.05, 3.63) is 40.7 Å². The highest BCUT2D eigenvalue weighted by molar-refractivity contribution is 6.32. The number of rotatable bonds is 7. The molecule has 0 spiro atoms. The minimum atomic E-state index is -0.222. The summed E-state index contributed by atoms with van der Waals surface area (Å²) in [5.74, 6) is 2.10. The number of hydroxylamine groups is 2. The Bertz CT molecular complexity index is 1240. The highest BCUT2D eigenvalue weighted by Gasteiger charge is 2.30. The molecule has 2 amide bonds. The predicted octanol–water partition coefficient (Wildman–Crippen LogP) is 4.65. The second-order valence-corrected chi connectivity index (χ2v) is 10.6. The number of aromatic nitrogens is 2. The number of fused-ring (bicyclic) bond motifs is 1. The number of likely N-dealkylation sites (N-methyl/N-ethyl adjacent to an activating group) is 1. The average molecular weight is 555 g/mol. The molecule has 5 rings (SSSR count). The fraction of sp³-hybridized carbons (Fsp3) is 0.500. The molecule has 10 nitrogen and oxygen atoms in total. The van der Waals surface area contributed by atoms with Gasteiger partial charge in [-0.15, -0.1) is 0 Å². The van der Waals surface area contributed by atoms with E-state index >= 15 is 0 Å². The van der Waals surface area contributed by atoms with E-state index in [2.05, 4.69) is 20.6 Å². The molecule has 2 fully saturated rings. The summed E-state index contributed by atoms with van der Waals surface area (Å²) in [6, 6.07) is 5.52. The predicted molar refractivity (Wildman–Crippen MR) is 150 cm³/mol. The largest absolute Gasteiger partial charge is 0.489 e. The van der Waals surface area contributed by atoms with Crippen LogP contribution < -0.4 is 15.4 Å². The van der Waals surface area contributed by atoms with Gasteiger partial charge in [0.2, 0.25) is 5.91 Å². The summed E-state index contributed by atoms with van der Waals surface area (Å²) >= 11 is 6.61. The second kappa shape index (κ2) is 12.2. The zero-order valence-electron chi connectivity index (χ0n) is 22.4. The lowest BCUT2D eigenvalue weighted by Gasteiger charge is -2.33. The Morgan fingerprint density at radius 2 is 1.92 bits per heavy atom. The van der Waals surface area contributed by atoms with E-state index in [-0.39, 0.29) is 17.9 Å². The molecule has 1 aromatic carbocycles. The van der Waals surface area contributed by atoms with Crippen molar-refractivity contribution < 1.29 is 19.2 Å². The Balaban J connectivity index is 1.24. The van der Waals surface area contributed by atoms with Crippen molar-refractivity contribution in [2.75, 3.05) is 44.4 Å². The van der Waals surface area contributed by atoms with E-state index in [9.17, 15) is 9.59 Å². The van der Waals surface area contributed by atoms with Gasteiger partial charge in [-0.25, -0.2) is 15.0 Å². The quantitative estimate of drug-likeness (QED) is 0.476. The highest BCUT2D eigenvalue weighted by Crippen LogP contribution is 2.34. The lowest BCUT2D eigenvalue weighted by molar-refractivity contribution is -0.164. The van der Waals surface area contributed by atoms with Crippen LogP contribution >= 0.6 is 11.6 Å². The first-order valence-corrected chi connectivity index (χ1v) is 13.9. The Labute approximate surface area is 233 Å². The van der Waals surface area contributed by atoms with E-state index in [4.69, 9.17) is 21.2 Å². The van der Waals surface area contributed by atoms with Gasteiger partial charge >= 0.3 is 0 Å². The average Bonchev–Trinajstić information content (AvgIpc) is 3.40. The molecule has 2 N–H and O–H groups in total. The van der Waals surface area contributed by atoms with Gasteiger partial charge < -0.3 is 20.3 Å². The first-order chi connectivity index (χ1) is 18.9. The van der Waals surface area contributed by atoms with Gasteiger partial charge in [0.1, 0.15) is 29.8 Å². The van der Waals surface area contributed by atoms with Crippen molar-refractivity contribution >= 4 is 46.8 Å². The van der Waals surface area contributed by atoms with Crippen LogP contribution in [0.1, 0.15) is 50.5 Å². The number of piperidine rings is 1. The molecule has 11 heteroatoms. The van der Waals surface area contributed by atoms with E-state index < -0.39 is 0 Å². The number of carbonyl (C=O) groups excluding carboxylic acids is 2. The molecule has 208 valence electrons. The minimum absolute atomic E-state index is 0.0176. The number of anilines is 3. The number of nitrogens with zero attached hydrogens (tertiary/aromatic N) is 4. The van der Waals surface area contributed by atoms with E-state index in [1.54, 1.807) is 19.2 Å². The van der Waals surface area contributed by atoms with Crippen molar-refractivity contribution in [1.82, 2.24) is 19.9 Å². The fourth-order valence-electron chi connectivity index (χ4n) is 5.40. The number of likely N-dealkylation sites (tertiary alicyclic amines) is 1. The van der Waals surface area contributed by atoms with E-state index in [0.29, 0.717) is 52.4 Å². The number of benzene rings is 1. The lowest BCUT2D eigenvalue weighted by Crippen LogP contribution is -2.44. The van der Waals surface area contributed by atoms with Gasteiger partial charge in [-0.3, -0.25) is 14.4 Å². The van der Waals surface area contributed by atoms with Gasteiger partial charge in [-0.2, -0.15) is 0 Å². The van der Waals surface area contributed by atoms with Gasteiger partial charge in [-0.05, 0) is 43.5 Å². The third-order valence-corrected chi connectivity index (χ3v) is 7.97. The summed E-state index contributed by atoms with van der Waals surface area (Å²) < 4.78 is 6.23. The highest BCUT2D eigenvalue weighted by atomic mass is 35.5. The third-order valence-electron chi connectivity index (χ3n) is 7.67. The van der Waals surface area contributed by atoms with Crippen molar-refractivity contribution in [3.63, 3.8) is 0 Å². The third kappa shape index (κ3) is 6.28. The van der Waals surface area contributed by atoms with Gasteiger partial charge in [0.25, 0.3) is 5.91 Å². The van der Waals surface area contributed by atoms with Crippen LogP contribution in [0.25, 0.3) is 6.08 Å². The zero-order chi connectivity index (χ0) is 27.4. The van der Waals surface area contributed by atoms with Crippen molar-refractivity contribution in [2.45, 2.75) is 51.0 Å². The molecular weight excluding hydrogens is 520 g/mol. The topological polar surface area (TPSA) is 109 Å². The van der Waals surface area contributed by atoms with Gasteiger partial charge in [-0.1, -0.05) is 24.4 Å². The smallest absolute Gasteiger partial charge is 0.273 e. The molecule has 39 heavy (non-hydrogen) atoms. The van der Waals surface area contributed by atoms with E-state index in [0.717, 1.165) is 44.5 Å². The van der Waals surface area contributed by atoms with Gasteiger partial charge in [0.15, 0.2) is 0 Å². The number of amides is 2. The molecule has 0 unspecified atom stereocenters. The Hall–Kier alpha value is -3.37. The number of carbonyl (C=O) groups is 2. The molecule has 2 aromatic rings. The monoisotopic (exact) mass is 554 g/mol.